The van der Waals surface area contributed by atoms with Crippen LogP contribution in [-0.4, -0.2) is 29.0 Å². The number of aryl methyl sites for hydroxylation is 1. The lowest BCUT2D eigenvalue weighted by molar-refractivity contribution is 0.797. The Morgan fingerprint density at radius 1 is 1.16 bits per heavy atom. The van der Waals surface area contributed by atoms with Gasteiger partial charge in [0.25, 0.3) is 0 Å². The van der Waals surface area contributed by atoms with Crippen molar-refractivity contribution in [2.75, 3.05) is 13.1 Å². The number of thiazole rings is 1. The first kappa shape index (κ1) is 17.4. The molecule has 2 heterocycles. The fraction of sp³-hybridized carbons (Fsp3) is 0.316. The molecule has 0 radical (unpaired) electrons. The third-order valence-electron chi connectivity index (χ3n) is 3.77. The molecule has 0 aliphatic carbocycles. The van der Waals surface area contributed by atoms with Gasteiger partial charge in [0.05, 0.1) is 17.1 Å². The van der Waals surface area contributed by atoms with Crippen LogP contribution in [0.3, 0.4) is 0 Å². The maximum atomic E-state index is 4.71. The largest absolute Gasteiger partial charge is 0.357 e. The minimum absolute atomic E-state index is 0.597. The Hall–Kier alpha value is -2.47. The van der Waals surface area contributed by atoms with Crippen LogP contribution in [0.5, 0.6) is 0 Å². The number of hydrogen-bond acceptors (Lipinski definition) is 4. The Kier molecular flexibility index (Phi) is 5.95. The van der Waals surface area contributed by atoms with Gasteiger partial charge in [-0.1, -0.05) is 24.3 Å². The molecule has 0 saturated heterocycles. The maximum absolute atomic E-state index is 4.71. The molecule has 0 fully saturated rings. The number of pyridine rings is 1. The molecule has 130 valence electrons. The quantitative estimate of drug-likeness (QED) is 0.527. The van der Waals surface area contributed by atoms with E-state index in [0.29, 0.717) is 6.54 Å². The Morgan fingerprint density at radius 2 is 2.04 bits per heavy atom. The molecule has 25 heavy (non-hydrogen) atoms. The van der Waals surface area contributed by atoms with E-state index in [1.54, 1.807) is 11.3 Å². The highest BCUT2D eigenvalue weighted by molar-refractivity contribution is 7.11. The number of rotatable bonds is 6. The third kappa shape index (κ3) is 4.76. The van der Waals surface area contributed by atoms with Crippen molar-refractivity contribution in [3.05, 3.63) is 58.2 Å². The van der Waals surface area contributed by atoms with Crippen LogP contribution in [0.4, 0.5) is 0 Å². The molecule has 3 aromatic rings. The zero-order valence-corrected chi connectivity index (χ0v) is 15.4. The fourth-order valence-corrected chi connectivity index (χ4v) is 3.39. The Labute approximate surface area is 152 Å². The van der Waals surface area contributed by atoms with E-state index in [0.717, 1.165) is 46.9 Å². The van der Waals surface area contributed by atoms with Crippen LogP contribution in [-0.2, 0) is 13.0 Å². The topological polar surface area (TPSA) is 62.2 Å². The van der Waals surface area contributed by atoms with Crippen molar-refractivity contribution in [1.82, 2.24) is 20.6 Å². The van der Waals surface area contributed by atoms with Gasteiger partial charge in [-0.15, -0.1) is 11.3 Å². The summed E-state index contributed by atoms with van der Waals surface area (Å²) in [6.07, 6.45) is 4.65. The van der Waals surface area contributed by atoms with Crippen LogP contribution < -0.4 is 10.6 Å². The standard InChI is InChI=1S/C19H23N5S/c1-3-20-19(22-11-9-17-23-12-14(2)25-17)24-13-16-7-4-6-15-8-5-10-21-18(15)16/h4-8,10,12H,3,9,11,13H2,1-2H3,(H2,20,22,24). The lowest BCUT2D eigenvalue weighted by Crippen LogP contribution is -2.38. The smallest absolute Gasteiger partial charge is 0.191 e. The summed E-state index contributed by atoms with van der Waals surface area (Å²) in [7, 11) is 0. The van der Waals surface area contributed by atoms with Crippen molar-refractivity contribution in [3.8, 4) is 0 Å². The van der Waals surface area contributed by atoms with Crippen LogP contribution in [0.1, 0.15) is 22.4 Å². The van der Waals surface area contributed by atoms with Gasteiger partial charge in [-0.2, -0.15) is 0 Å². The fourth-order valence-electron chi connectivity index (χ4n) is 2.61. The van der Waals surface area contributed by atoms with E-state index in [4.69, 9.17) is 4.99 Å². The van der Waals surface area contributed by atoms with Crippen LogP contribution in [0.2, 0.25) is 0 Å². The van der Waals surface area contributed by atoms with Crippen molar-refractivity contribution in [2.45, 2.75) is 26.8 Å². The molecule has 3 rings (SSSR count). The third-order valence-corrected chi connectivity index (χ3v) is 4.74. The summed E-state index contributed by atoms with van der Waals surface area (Å²) in [5, 5.41) is 8.97. The van der Waals surface area contributed by atoms with E-state index in [2.05, 4.69) is 58.7 Å². The number of aliphatic imine (C=N–C) groups is 1. The van der Waals surface area contributed by atoms with Gasteiger partial charge in [-0.25, -0.2) is 9.98 Å². The number of hydrogen-bond donors (Lipinski definition) is 2. The molecule has 0 bridgehead atoms. The molecule has 0 spiro atoms. The van der Waals surface area contributed by atoms with Gasteiger partial charge in [-0.05, 0) is 25.5 Å². The van der Waals surface area contributed by atoms with E-state index in [1.807, 2.05) is 18.5 Å². The minimum atomic E-state index is 0.597. The molecule has 0 unspecified atom stereocenters. The van der Waals surface area contributed by atoms with E-state index in [1.165, 1.54) is 4.88 Å². The SMILES string of the molecule is CCNC(=NCc1cccc2cccnc12)NCCc1ncc(C)s1. The Balaban J connectivity index is 1.64. The molecule has 0 saturated carbocycles. The highest BCUT2D eigenvalue weighted by Crippen LogP contribution is 2.16. The van der Waals surface area contributed by atoms with E-state index < -0.39 is 0 Å². The van der Waals surface area contributed by atoms with Gasteiger partial charge in [0, 0.05) is 42.2 Å². The number of para-hydroxylation sites is 1. The second-order valence-corrected chi connectivity index (χ2v) is 7.05. The second-order valence-electron chi connectivity index (χ2n) is 5.73. The maximum Gasteiger partial charge on any atom is 0.191 e. The summed E-state index contributed by atoms with van der Waals surface area (Å²) in [6, 6.07) is 10.3. The van der Waals surface area contributed by atoms with Gasteiger partial charge >= 0.3 is 0 Å². The van der Waals surface area contributed by atoms with Crippen LogP contribution in [0, 0.1) is 6.92 Å². The van der Waals surface area contributed by atoms with Crippen LogP contribution in [0.15, 0.2) is 47.7 Å². The normalized spacial score (nSPS) is 11.7. The number of aromatic nitrogens is 2. The predicted octanol–water partition coefficient (Wildman–Crippen LogP) is 3.30. The van der Waals surface area contributed by atoms with Gasteiger partial charge in [-0.3, -0.25) is 4.98 Å². The molecule has 2 N–H and O–H groups in total. The van der Waals surface area contributed by atoms with E-state index in [9.17, 15) is 0 Å². The number of nitrogens with zero attached hydrogens (tertiary/aromatic N) is 3. The summed E-state index contributed by atoms with van der Waals surface area (Å²) in [5.74, 6) is 0.823. The lowest BCUT2D eigenvalue weighted by atomic mass is 10.1. The van der Waals surface area contributed by atoms with Crippen molar-refractivity contribution in [3.63, 3.8) is 0 Å². The zero-order valence-electron chi connectivity index (χ0n) is 14.6. The van der Waals surface area contributed by atoms with Gasteiger partial charge in [0.2, 0.25) is 0 Å². The molecule has 1 aromatic carbocycles. The number of fused-ring (bicyclic) bond motifs is 1. The highest BCUT2D eigenvalue weighted by Gasteiger charge is 2.03. The van der Waals surface area contributed by atoms with Gasteiger partial charge in [0.15, 0.2) is 5.96 Å². The van der Waals surface area contributed by atoms with Crippen LogP contribution >= 0.6 is 11.3 Å². The monoisotopic (exact) mass is 353 g/mol. The highest BCUT2D eigenvalue weighted by atomic mass is 32.1. The number of guanidine groups is 1. The summed E-state index contributed by atoms with van der Waals surface area (Å²) in [4.78, 5) is 14.8. The lowest BCUT2D eigenvalue weighted by Gasteiger charge is -2.11. The zero-order chi connectivity index (χ0) is 17.5. The van der Waals surface area contributed by atoms with Crippen molar-refractivity contribution < 1.29 is 0 Å². The van der Waals surface area contributed by atoms with Gasteiger partial charge in [0.1, 0.15) is 0 Å². The predicted molar refractivity (Wildman–Crippen MR) is 105 cm³/mol. The second kappa shape index (κ2) is 8.58. The molecule has 0 amide bonds. The molecule has 6 heteroatoms. The molecule has 0 aliphatic rings. The minimum Gasteiger partial charge on any atom is -0.357 e. The summed E-state index contributed by atoms with van der Waals surface area (Å²) < 4.78 is 0. The molecule has 5 nitrogen and oxygen atoms in total. The summed E-state index contributed by atoms with van der Waals surface area (Å²) in [6.45, 7) is 6.39. The first-order chi connectivity index (χ1) is 12.3. The molecule has 0 atom stereocenters. The molecular weight excluding hydrogens is 330 g/mol. The van der Waals surface area contributed by atoms with Crippen molar-refractivity contribution >= 4 is 28.2 Å². The van der Waals surface area contributed by atoms with Gasteiger partial charge < -0.3 is 10.6 Å². The first-order valence-electron chi connectivity index (χ1n) is 8.52. The molecular formula is C19H23N5S. The number of benzene rings is 1. The summed E-state index contributed by atoms with van der Waals surface area (Å²) in [5.41, 5.74) is 2.15. The van der Waals surface area contributed by atoms with E-state index >= 15 is 0 Å². The van der Waals surface area contributed by atoms with E-state index in [-0.39, 0.29) is 0 Å². The first-order valence-corrected chi connectivity index (χ1v) is 9.34. The van der Waals surface area contributed by atoms with Crippen molar-refractivity contribution in [2.24, 2.45) is 4.99 Å². The Bertz CT molecular complexity index is 850. The molecule has 0 aliphatic heterocycles. The van der Waals surface area contributed by atoms with Crippen LogP contribution in [0.25, 0.3) is 10.9 Å². The number of nitrogens with one attached hydrogen (secondary N) is 2. The molecule has 2 aromatic heterocycles. The van der Waals surface area contributed by atoms with Crippen molar-refractivity contribution in [1.29, 1.82) is 0 Å². The average molecular weight is 353 g/mol. The summed E-state index contributed by atoms with van der Waals surface area (Å²) >= 11 is 1.74. The Morgan fingerprint density at radius 3 is 2.84 bits per heavy atom. The average Bonchev–Trinajstić information content (AvgIpc) is 3.05.